The third-order valence-corrected chi connectivity index (χ3v) is 2.61. The van der Waals surface area contributed by atoms with Gasteiger partial charge in [-0.1, -0.05) is 6.92 Å². The number of carboxylic acids is 1. The molecule has 0 heterocycles. The van der Waals surface area contributed by atoms with E-state index in [0.29, 0.717) is 18.4 Å². The zero-order valence-corrected chi connectivity index (χ0v) is 8.04. The van der Waals surface area contributed by atoms with Gasteiger partial charge in [0.1, 0.15) is 6.04 Å². The average molecular weight is 207 g/mol. The Balaban J connectivity index is 2.24. The Morgan fingerprint density at radius 3 is 2.57 bits per heavy atom. The normalized spacial score (nSPS) is 27.7. The van der Waals surface area contributed by atoms with Crippen molar-refractivity contribution >= 4 is 5.97 Å². The molecule has 3 unspecified atom stereocenters. The van der Waals surface area contributed by atoms with E-state index < -0.39 is 24.9 Å². The molecular formula is C9H15F2NO2. The summed E-state index contributed by atoms with van der Waals surface area (Å²) in [6.45, 7) is 2.60. The Kier molecular flexibility index (Phi) is 3.80. The highest BCUT2D eigenvalue weighted by Crippen LogP contribution is 2.36. The lowest BCUT2D eigenvalue weighted by Crippen LogP contribution is -2.39. The lowest BCUT2D eigenvalue weighted by molar-refractivity contribution is -0.140. The maximum atomic E-state index is 12.0. The Morgan fingerprint density at radius 2 is 2.21 bits per heavy atom. The van der Waals surface area contributed by atoms with Crippen molar-refractivity contribution in [2.75, 3.05) is 6.54 Å². The summed E-state index contributed by atoms with van der Waals surface area (Å²) in [7, 11) is 0. The van der Waals surface area contributed by atoms with Gasteiger partial charge in [0, 0.05) is 6.42 Å². The van der Waals surface area contributed by atoms with Crippen LogP contribution in [0.5, 0.6) is 0 Å². The molecule has 0 amide bonds. The van der Waals surface area contributed by atoms with Gasteiger partial charge >= 0.3 is 5.97 Å². The Hall–Kier alpha value is -0.710. The Morgan fingerprint density at radius 1 is 1.64 bits per heavy atom. The minimum absolute atomic E-state index is 0.467. The molecule has 1 fully saturated rings. The number of aliphatic carboxylic acids is 1. The van der Waals surface area contributed by atoms with Gasteiger partial charge < -0.3 is 10.4 Å². The summed E-state index contributed by atoms with van der Waals surface area (Å²) in [5.74, 6) is -0.128. The Labute approximate surface area is 81.5 Å². The molecule has 2 N–H and O–H groups in total. The van der Waals surface area contributed by atoms with E-state index >= 15 is 0 Å². The van der Waals surface area contributed by atoms with Crippen molar-refractivity contribution in [3.63, 3.8) is 0 Å². The molecule has 0 aromatic carbocycles. The second-order valence-corrected chi connectivity index (χ2v) is 3.90. The fraction of sp³-hybridized carbons (Fsp3) is 0.889. The maximum absolute atomic E-state index is 12.0. The van der Waals surface area contributed by atoms with Crippen LogP contribution in [0.2, 0.25) is 0 Å². The predicted octanol–water partition coefficient (Wildman–Crippen LogP) is 1.34. The van der Waals surface area contributed by atoms with Gasteiger partial charge in [-0.3, -0.25) is 4.79 Å². The maximum Gasteiger partial charge on any atom is 0.320 e. The van der Waals surface area contributed by atoms with Gasteiger partial charge in [-0.15, -0.1) is 0 Å². The molecule has 14 heavy (non-hydrogen) atoms. The molecule has 1 rings (SSSR count). The van der Waals surface area contributed by atoms with Crippen LogP contribution in [0, 0.1) is 11.8 Å². The highest BCUT2D eigenvalue weighted by molar-refractivity contribution is 5.73. The molecule has 1 saturated carbocycles. The molecule has 3 atom stereocenters. The SMILES string of the molecule is CC1CC1CNC(CC(F)F)C(=O)O. The number of hydrogen-bond acceptors (Lipinski definition) is 2. The third kappa shape index (κ3) is 3.57. The third-order valence-electron chi connectivity index (χ3n) is 2.61. The molecule has 0 bridgehead atoms. The number of rotatable bonds is 6. The number of carboxylic acid groups (broad SMARTS) is 1. The van der Waals surface area contributed by atoms with Gasteiger partial charge in [-0.25, -0.2) is 8.78 Å². The zero-order chi connectivity index (χ0) is 10.7. The first kappa shape index (κ1) is 11.4. The van der Waals surface area contributed by atoms with E-state index in [0.717, 1.165) is 6.42 Å². The van der Waals surface area contributed by atoms with Crippen molar-refractivity contribution in [2.45, 2.75) is 32.2 Å². The summed E-state index contributed by atoms with van der Waals surface area (Å²) in [6, 6.07) is -1.11. The van der Waals surface area contributed by atoms with Crippen LogP contribution in [0.4, 0.5) is 8.78 Å². The molecule has 0 aromatic rings. The fourth-order valence-electron chi connectivity index (χ4n) is 1.43. The summed E-state index contributed by atoms with van der Waals surface area (Å²) in [6.07, 6.45) is -2.12. The van der Waals surface area contributed by atoms with Crippen LogP contribution in [0.15, 0.2) is 0 Å². The monoisotopic (exact) mass is 207 g/mol. The van der Waals surface area contributed by atoms with Crippen molar-refractivity contribution in [3.05, 3.63) is 0 Å². The van der Waals surface area contributed by atoms with Crippen molar-refractivity contribution < 1.29 is 18.7 Å². The summed E-state index contributed by atoms with van der Waals surface area (Å²) in [5.41, 5.74) is 0. The lowest BCUT2D eigenvalue weighted by Gasteiger charge is -2.13. The van der Waals surface area contributed by atoms with Crippen LogP contribution in [-0.2, 0) is 4.79 Å². The number of hydrogen-bond donors (Lipinski definition) is 2. The van der Waals surface area contributed by atoms with E-state index in [1.807, 2.05) is 0 Å². The highest BCUT2D eigenvalue weighted by Gasteiger charge is 2.33. The Bertz CT molecular complexity index is 211. The topological polar surface area (TPSA) is 49.3 Å². The fourth-order valence-corrected chi connectivity index (χ4v) is 1.43. The van der Waals surface area contributed by atoms with Gasteiger partial charge in [-0.05, 0) is 24.8 Å². The number of halogens is 2. The molecule has 1 aliphatic rings. The van der Waals surface area contributed by atoms with Crippen LogP contribution in [-0.4, -0.2) is 30.1 Å². The first-order chi connectivity index (χ1) is 6.50. The van der Waals surface area contributed by atoms with Crippen LogP contribution < -0.4 is 5.32 Å². The van der Waals surface area contributed by atoms with Crippen LogP contribution in [0.1, 0.15) is 19.8 Å². The number of alkyl halides is 2. The molecular weight excluding hydrogens is 192 g/mol. The van der Waals surface area contributed by atoms with E-state index in [1.165, 1.54) is 0 Å². The molecule has 0 aromatic heterocycles. The predicted molar refractivity (Wildman–Crippen MR) is 47.3 cm³/mol. The summed E-state index contributed by atoms with van der Waals surface area (Å²) in [4.78, 5) is 10.6. The van der Waals surface area contributed by atoms with E-state index in [2.05, 4.69) is 12.2 Å². The van der Waals surface area contributed by atoms with Crippen molar-refractivity contribution in [2.24, 2.45) is 11.8 Å². The first-order valence-electron chi connectivity index (χ1n) is 4.75. The summed E-state index contributed by atoms with van der Waals surface area (Å²) in [5, 5.41) is 11.3. The van der Waals surface area contributed by atoms with Crippen LogP contribution in [0.3, 0.4) is 0 Å². The number of carbonyl (C=O) groups is 1. The van der Waals surface area contributed by atoms with Crippen molar-refractivity contribution in [1.29, 1.82) is 0 Å². The summed E-state index contributed by atoms with van der Waals surface area (Å²) < 4.78 is 23.9. The molecule has 3 nitrogen and oxygen atoms in total. The van der Waals surface area contributed by atoms with Crippen molar-refractivity contribution in [3.8, 4) is 0 Å². The van der Waals surface area contributed by atoms with Gasteiger partial charge in [-0.2, -0.15) is 0 Å². The minimum atomic E-state index is -2.57. The number of nitrogens with one attached hydrogen (secondary N) is 1. The molecule has 0 saturated heterocycles. The van der Waals surface area contributed by atoms with E-state index in [9.17, 15) is 13.6 Å². The first-order valence-corrected chi connectivity index (χ1v) is 4.75. The van der Waals surface area contributed by atoms with E-state index in [1.54, 1.807) is 0 Å². The standard InChI is InChI=1S/C9H15F2NO2/c1-5-2-6(5)4-12-7(9(13)14)3-8(10)11/h5-8,12H,2-4H2,1H3,(H,13,14). The average Bonchev–Trinajstić information content (AvgIpc) is 2.74. The van der Waals surface area contributed by atoms with E-state index in [4.69, 9.17) is 5.11 Å². The van der Waals surface area contributed by atoms with Crippen molar-refractivity contribution in [1.82, 2.24) is 5.32 Å². The molecule has 0 aliphatic heterocycles. The minimum Gasteiger partial charge on any atom is -0.480 e. The zero-order valence-electron chi connectivity index (χ0n) is 8.04. The molecule has 1 aliphatic carbocycles. The van der Waals surface area contributed by atoms with Crippen LogP contribution >= 0.6 is 0 Å². The molecule has 0 radical (unpaired) electrons. The lowest BCUT2D eigenvalue weighted by atomic mass is 10.2. The quantitative estimate of drug-likeness (QED) is 0.691. The van der Waals surface area contributed by atoms with Gasteiger partial charge in [0.2, 0.25) is 6.43 Å². The highest BCUT2D eigenvalue weighted by atomic mass is 19.3. The van der Waals surface area contributed by atoms with Gasteiger partial charge in [0.25, 0.3) is 0 Å². The molecule has 0 spiro atoms. The second kappa shape index (κ2) is 4.68. The van der Waals surface area contributed by atoms with E-state index in [-0.39, 0.29) is 0 Å². The smallest absolute Gasteiger partial charge is 0.320 e. The van der Waals surface area contributed by atoms with Gasteiger partial charge in [0.05, 0.1) is 0 Å². The second-order valence-electron chi connectivity index (χ2n) is 3.90. The van der Waals surface area contributed by atoms with Crippen LogP contribution in [0.25, 0.3) is 0 Å². The molecule has 5 heteroatoms. The molecule has 82 valence electrons. The van der Waals surface area contributed by atoms with Gasteiger partial charge in [0.15, 0.2) is 0 Å². The largest absolute Gasteiger partial charge is 0.480 e. The summed E-state index contributed by atoms with van der Waals surface area (Å²) >= 11 is 0.